The number of ether oxygens (including phenoxy) is 1. The van der Waals surface area contributed by atoms with Crippen LogP contribution in [0.2, 0.25) is 0 Å². The molecule has 0 spiro atoms. The lowest BCUT2D eigenvalue weighted by Crippen LogP contribution is -2.41. The summed E-state index contributed by atoms with van der Waals surface area (Å²) in [6.45, 7) is 2.30. The van der Waals surface area contributed by atoms with Crippen molar-refractivity contribution in [2.75, 3.05) is 43.5 Å². The third kappa shape index (κ3) is 6.49. The standard InChI is InChI=1S/C28H26F4N4O2/c1-38-24-11-12-35(18-24)13-14-36(27(37)34-22-7-10-26(29)25(16-22)28(30,31)32)23-8-5-20(6-9-23)21-4-2-3-19(15-21)17-33/h2-10,15-16,24H,11-14,18H2,1H3,(H,34,37)/t24-/m1/s1. The van der Waals surface area contributed by atoms with Crippen LogP contribution in [0.15, 0.2) is 66.7 Å². The number of carbonyl (C=O) groups excluding carboxylic acids is 1. The maximum atomic E-state index is 13.7. The number of urea groups is 1. The molecule has 1 aliphatic rings. The predicted molar refractivity (Wildman–Crippen MR) is 136 cm³/mol. The highest BCUT2D eigenvalue weighted by Crippen LogP contribution is 2.33. The molecule has 3 aromatic carbocycles. The number of halogens is 4. The van der Waals surface area contributed by atoms with Gasteiger partial charge in [-0.05, 0) is 60.0 Å². The zero-order chi connectivity index (χ0) is 27.3. The number of rotatable bonds is 7. The van der Waals surface area contributed by atoms with Crippen molar-refractivity contribution in [3.8, 4) is 17.2 Å². The normalized spacial score (nSPS) is 15.7. The summed E-state index contributed by atoms with van der Waals surface area (Å²) in [6, 6.07) is 18.0. The minimum atomic E-state index is -4.89. The quantitative estimate of drug-likeness (QED) is 0.376. The highest BCUT2D eigenvalue weighted by Gasteiger charge is 2.34. The van der Waals surface area contributed by atoms with Gasteiger partial charge in [0.05, 0.1) is 23.3 Å². The SMILES string of the molecule is CO[C@@H]1CCN(CCN(C(=O)Nc2ccc(F)c(C(F)(F)F)c2)c2ccc(-c3cccc(C#N)c3)cc2)C1. The minimum absolute atomic E-state index is 0.112. The fourth-order valence-electron chi connectivity index (χ4n) is 4.40. The van der Waals surface area contributed by atoms with Crippen LogP contribution in [-0.4, -0.2) is 50.3 Å². The third-order valence-electron chi connectivity index (χ3n) is 6.47. The van der Waals surface area contributed by atoms with Crippen molar-refractivity contribution in [3.63, 3.8) is 0 Å². The van der Waals surface area contributed by atoms with E-state index in [4.69, 9.17) is 10.00 Å². The second kappa shape index (κ2) is 11.6. The van der Waals surface area contributed by atoms with E-state index in [-0.39, 0.29) is 18.3 Å². The Kier molecular flexibility index (Phi) is 8.29. The van der Waals surface area contributed by atoms with E-state index < -0.39 is 23.6 Å². The molecule has 0 saturated carbocycles. The van der Waals surface area contributed by atoms with E-state index in [0.717, 1.165) is 30.2 Å². The topological polar surface area (TPSA) is 68.6 Å². The van der Waals surface area contributed by atoms with Gasteiger partial charge in [0.1, 0.15) is 5.82 Å². The fourth-order valence-corrected chi connectivity index (χ4v) is 4.40. The van der Waals surface area contributed by atoms with Gasteiger partial charge in [0.25, 0.3) is 0 Å². The number of hydrogen-bond donors (Lipinski definition) is 1. The van der Waals surface area contributed by atoms with E-state index in [1.165, 1.54) is 4.90 Å². The number of carbonyl (C=O) groups is 1. The second-order valence-corrected chi connectivity index (χ2v) is 8.96. The van der Waals surface area contributed by atoms with E-state index in [9.17, 15) is 22.4 Å². The lowest BCUT2D eigenvalue weighted by Gasteiger charge is -2.26. The summed E-state index contributed by atoms with van der Waals surface area (Å²) < 4.78 is 58.7. The molecule has 38 heavy (non-hydrogen) atoms. The lowest BCUT2D eigenvalue weighted by molar-refractivity contribution is -0.139. The van der Waals surface area contributed by atoms with Crippen molar-refractivity contribution in [1.29, 1.82) is 5.26 Å². The maximum absolute atomic E-state index is 13.7. The Bertz CT molecular complexity index is 1320. The van der Waals surface area contributed by atoms with Gasteiger partial charge >= 0.3 is 12.2 Å². The monoisotopic (exact) mass is 526 g/mol. The molecule has 0 unspecified atom stereocenters. The Morgan fingerprint density at radius 2 is 1.89 bits per heavy atom. The first-order chi connectivity index (χ1) is 18.2. The molecule has 1 aliphatic heterocycles. The molecule has 0 bridgehead atoms. The number of alkyl halides is 3. The summed E-state index contributed by atoms with van der Waals surface area (Å²) in [5.74, 6) is -1.41. The molecule has 6 nitrogen and oxygen atoms in total. The number of anilines is 2. The van der Waals surface area contributed by atoms with Crippen LogP contribution in [-0.2, 0) is 10.9 Å². The van der Waals surface area contributed by atoms with E-state index in [1.54, 1.807) is 37.4 Å². The largest absolute Gasteiger partial charge is 0.419 e. The first-order valence-electron chi connectivity index (χ1n) is 12.0. The van der Waals surface area contributed by atoms with Gasteiger partial charge < -0.3 is 10.1 Å². The molecular weight excluding hydrogens is 500 g/mol. The molecule has 10 heteroatoms. The molecule has 198 valence electrons. The van der Waals surface area contributed by atoms with Crippen LogP contribution in [0.5, 0.6) is 0 Å². The molecule has 1 atom stereocenters. The van der Waals surface area contributed by atoms with Crippen LogP contribution in [0.3, 0.4) is 0 Å². The summed E-state index contributed by atoms with van der Waals surface area (Å²) in [7, 11) is 1.65. The molecule has 0 radical (unpaired) electrons. The number of nitriles is 1. The Morgan fingerprint density at radius 3 is 2.55 bits per heavy atom. The molecule has 1 saturated heterocycles. The number of amides is 2. The van der Waals surface area contributed by atoms with Crippen LogP contribution >= 0.6 is 0 Å². The molecule has 1 heterocycles. The molecular formula is C28H26F4N4O2. The number of benzene rings is 3. The van der Waals surface area contributed by atoms with Gasteiger partial charge in [-0.25, -0.2) is 9.18 Å². The third-order valence-corrected chi connectivity index (χ3v) is 6.47. The van der Waals surface area contributed by atoms with Crippen molar-refractivity contribution >= 4 is 17.4 Å². The lowest BCUT2D eigenvalue weighted by atomic mass is 10.0. The summed E-state index contributed by atoms with van der Waals surface area (Å²) in [5.41, 5.74) is 1.10. The Morgan fingerprint density at radius 1 is 1.13 bits per heavy atom. The number of methoxy groups -OCH3 is 1. The van der Waals surface area contributed by atoms with E-state index in [1.807, 2.05) is 18.2 Å². The molecule has 1 fully saturated rings. The van der Waals surface area contributed by atoms with Crippen molar-refractivity contribution in [2.45, 2.75) is 18.7 Å². The molecule has 0 aromatic heterocycles. The van der Waals surface area contributed by atoms with Crippen LogP contribution in [0.4, 0.5) is 33.7 Å². The van der Waals surface area contributed by atoms with Gasteiger partial charge in [-0.3, -0.25) is 9.80 Å². The van der Waals surface area contributed by atoms with Crippen molar-refractivity contribution in [2.24, 2.45) is 0 Å². The summed E-state index contributed by atoms with van der Waals surface area (Å²) in [5, 5.41) is 11.6. The molecule has 1 N–H and O–H groups in total. The summed E-state index contributed by atoms with van der Waals surface area (Å²) in [4.78, 5) is 16.9. The van der Waals surface area contributed by atoms with Crippen LogP contribution in [0.25, 0.3) is 11.1 Å². The van der Waals surface area contributed by atoms with Gasteiger partial charge in [0.2, 0.25) is 0 Å². The van der Waals surface area contributed by atoms with Crippen molar-refractivity contribution in [1.82, 2.24) is 4.90 Å². The van der Waals surface area contributed by atoms with Crippen molar-refractivity contribution in [3.05, 3.63) is 83.7 Å². The number of hydrogen-bond acceptors (Lipinski definition) is 4. The van der Waals surface area contributed by atoms with Gasteiger partial charge in [-0.1, -0.05) is 24.3 Å². The smallest absolute Gasteiger partial charge is 0.380 e. The Hall–Kier alpha value is -3.94. The number of nitrogens with zero attached hydrogens (tertiary/aromatic N) is 3. The first kappa shape index (κ1) is 27.1. The zero-order valence-corrected chi connectivity index (χ0v) is 20.6. The minimum Gasteiger partial charge on any atom is -0.380 e. The molecule has 4 rings (SSSR count). The summed E-state index contributed by atoms with van der Waals surface area (Å²) in [6.07, 6.45) is -3.91. The van der Waals surface area contributed by atoms with Crippen LogP contribution < -0.4 is 10.2 Å². The van der Waals surface area contributed by atoms with Crippen LogP contribution in [0.1, 0.15) is 17.5 Å². The highest BCUT2D eigenvalue weighted by atomic mass is 19.4. The van der Waals surface area contributed by atoms with Gasteiger partial charge in [-0.15, -0.1) is 0 Å². The van der Waals surface area contributed by atoms with Gasteiger partial charge in [0.15, 0.2) is 0 Å². The fraction of sp³-hybridized carbons (Fsp3) is 0.286. The van der Waals surface area contributed by atoms with Crippen LogP contribution in [0, 0.1) is 17.1 Å². The molecule has 2 amide bonds. The Labute approximate surface area is 218 Å². The average Bonchev–Trinajstić information content (AvgIpc) is 3.38. The van der Waals surface area contributed by atoms with Gasteiger partial charge in [0, 0.05) is 44.7 Å². The second-order valence-electron chi connectivity index (χ2n) is 8.96. The molecule has 3 aromatic rings. The average molecular weight is 527 g/mol. The number of nitrogens with one attached hydrogen (secondary N) is 1. The first-order valence-corrected chi connectivity index (χ1v) is 12.0. The predicted octanol–water partition coefficient (Wildman–Crippen LogP) is 6.14. The summed E-state index contributed by atoms with van der Waals surface area (Å²) >= 11 is 0. The van der Waals surface area contributed by atoms with Gasteiger partial charge in [-0.2, -0.15) is 18.4 Å². The highest BCUT2D eigenvalue weighted by molar-refractivity contribution is 6.02. The van der Waals surface area contributed by atoms with E-state index in [2.05, 4.69) is 16.3 Å². The molecule has 0 aliphatic carbocycles. The number of likely N-dealkylation sites (tertiary alicyclic amines) is 1. The maximum Gasteiger partial charge on any atom is 0.419 e. The van der Waals surface area contributed by atoms with E-state index in [0.29, 0.717) is 36.5 Å². The zero-order valence-electron chi connectivity index (χ0n) is 20.6. The van der Waals surface area contributed by atoms with Crippen molar-refractivity contribution < 1.29 is 27.1 Å². The van der Waals surface area contributed by atoms with E-state index >= 15 is 0 Å². The Balaban J connectivity index is 1.57.